The number of para-hydroxylation sites is 2. The summed E-state index contributed by atoms with van der Waals surface area (Å²) in [5.74, 6) is 0.342. The Hall–Kier alpha value is -3.82. The van der Waals surface area contributed by atoms with Gasteiger partial charge in [0.15, 0.2) is 5.72 Å². The first-order valence-corrected chi connectivity index (χ1v) is 13.5. The van der Waals surface area contributed by atoms with Crippen LogP contribution in [-0.4, -0.2) is 32.9 Å². The number of aryl methyl sites for hydroxylation is 1. The Bertz CT molecular complexity index is 1410. The molecule has 1 amide bonds. The predicted octanol–water partition coefficient (Wildman–Crippen LogP) is 5.23. The van der Waals surface area contributed by atoms with Crippen molar-refractivity contribution in [3.8, 4) is 5.75 Å². The molecule has 0 saturated carbocycles. The Morgan fingerprint density at radius 3 is 2.50 bits per heavy atom. The second-order valence-corrected chi connectivity index (χ2v) is 10.3. The zero-order valence-corrected chi connectivity index (χ0v) is 22.4. The average Bonchev–Trinajstić information content (AvgIpc) is 3.36. The topological polar surface area (TPSA) is 101 Å². The van der Waals surface area contributed by atoms with Gasteiger partial charge in [-0.25, -0.2) is 0 Å². The minimum Gasteiger partial charge on any atom is -0.495 e. The fourth-order valence-electron chi connectivity index (χ4n) is 4.75. The van der Waals surface area contributed by atoms with Gasteiger partial charge < -0.3 is 20.5 Å². The summed E-state index contributed by atoms with van der Waals surface area (Å²) in [6.45, 7) is 3.71. The minimum absolute atomic E-state index is 0.365. The Morgan fingerprint density at radius 1 is 1.08 bits per heavy atom. The van der Waals surface area contributed by atoms with Crippen molar-refractivity contribution in [3.63, 3.8) is 0 Å². The van der Waals surface area contributed by atoms with Crippen molar-refractivity contribution < 1.29 is 14.6 Å². The third kappa shape index (κ3) is 5.12. The quantitative estimate of drug-likeness (QED) is 0.269. The molecule has 1 aliphatic heterocycles. The molecule has 3 unspecified atom stereocenters. The van der Waals surface area contributed by atoms with Crippen LogP contribution in [0.5, 0.6) is 5.75 Å². The number of aromatic nitrogens is 3. The van der Waals surface area contributed by atoms with Crippen LogP contribution in [0.2, 0.25) is 0 Å². The van der Waals surface area contributed by atoms with Crippen molar-refractivity contribution in [2.45, 2.75) is 42.9 Å². The number of fused-ring (bicyclic) bond motifs is 1. The van der Waals surface area contributed by atoms with E-state index in [4.69, 9.17) is 4.74 Å². The normalized spacial score (nSPS) is 20.3. The number of hydrogen-bond donors (Lipinski definition) is 3. The number of anilines is 2. The number of nitrogens with one attached hydrogen (secondary N) is 2. The summed E-state index contributed by atoms with van der Waals surface area (Å²) >= 11 is 1.48. The number of nitrogens with zero attached hydrogens (tertiary/aromatic N) is 3. The highest BCUT2D eigenvalue weighted by atomic mass is 32.2. The van der Waals surface area contributed by atoms with Gasteiger partial charge in [-0.05, 0) is 42.2 Å². The number of thioether (sulfide) groups is 1. The lowest BCUT2D eigenvalue weighted by Crippen LogP contribution is -2.53. The molecule has 0 bridgehead atoms. The number of benzene rings is 3. The van der Waals surface area contributed by atoms with Gasteiger partial charge in [0.05, 0.1) is 18.8 Å². The van der Waals surface area contributed by atoms with Crippen LogP contribution in [0.15, 0.2) is 84.0 Å². The Kier molecular flexibility index (Phi) is 7.40. The van der Waals surface area contributed by atoms with Crippen molar-refractivity contribution in [1.82, 2.24) is 14.8 Å². The van der Waals surface area contributed by atoms with Gasteiger partial charge in [0.1, 0.15) is 11.7 Å². The third-order valence-corrected chi connectivity index (χ3v) is 7.74. The van der Waals surface area contributed by atoms with Gasteiger partial charge in [0.2, 0.25) is 17.0 Å². The molecule has 0 spiro atoms. The number of carbonyl (C=O) groups excluding carboxylic acids is 1. The van der Waals surface area contributed by atoms with Crippen molar-refractivity contribution in [1.29, 1.82) is 0 Å². The lowest BCUT2D eigenvalue weighted by molar-refractivity contribution is -0.143. The van der Waals surface area contributed by atoms with E-state index in [1.54, 1.807) is 26.2 Å². The van der Waals surface area contributed by atoms with Crippen molar-refractivity contribution in [2.75, 3.05) is 17.7 Å². The van der Waals surface area contributed by atoms with Gasteiger partial charge in [-0.1, -0.05) is 85.4 Å². The van der Waals surface area contributed by atoms with Gasteiger partial charge in [-0.3, -0.25) is 4.79 Å². The molecule has 3 atom stereocenters. The number of rotatable bonds is 8. The summed E-state index contributed by atoms with van der Waals surface area (Å²) in [5, 5.41) is 23.4. The van der Waals surface area contributed by atoms with E-state index in [2.05, 4.69) is 27.6 Å². The number of carbonyl (C=O) groups is 1. The van der Waals surface area contributed by atoms with Crippen LogP contribution in [0.1, 0.15) is 36.6 Å². The fourth-order valence-corrected chi connectivity index (χ4v) is 5.53. The molecular weight excluding hydrogens is 498 g/mol. The van der Waals surface area contributed by atoms with E-state index in [-0.39, 0.29) is 5.91 Å². The Labute approximate surface area is 226 Å². The van der Waals surface area contributed by atoms with E-state index in [0.717, 1.165) is 17.5 Å². The van der Waals surface area contributed by atoms with Crippen LogP contribution in [0.25, 0.3) is 0 Å². The molecule has 1 aromatic heterocycles. The number of ether oxygens (including phenoxy) is 1. The largest absolute Gasteiger partial charge is 0.495 e. The molecule has 5 rings (SSSR count). The van der Waals surface area contributed by atoms with Crippen LogP contribution in [0.4, 0.5) is 11.6 Å². The smallest absolute Gasteiger partial charge is 0.234 e. The zero-order chi connectivity index (χ0) is 26.7. The predicted molar refractivity (Wildman–Crippen MR) is 149 cm³/mol. The number of hydrogen-bond acceptors (Lipinski definition) is 7. The molecule has 38 heavy (non-hydrogen) atoms. The zero-order valence-electron chi connectivity index (χ0n) is 21.6. The van der Waals surface area contributed by atoms with Gasteiger partial charge in [0, 0.05) is 5.75 Å². The molecule has 3 N–H and O–H groups in total. The third-order valence-electron chi connectivity index (χ3n) is 6.83. The van der Waals surface area contributed by atoms with Crippen LogP contribution in [-0.2, 0) is 22.7 Å². The molecule has 196 valence electrons. The first kappa shape index (κ1) is 25.8. The standard InChI is InChI=1S/C29H31N5O3S/c1-4-19-14-16-21(17-15-19)25-24(26(35)30-22-12-8-9-13-23(22)37-3)29(2,36)34-27(31-25)32-28(33-34)38-18-20-10-6-5-7-11-20/h5-17,24-25,36H,4,18H2,1-3H3,(H,30,35)(H,31,32,33). The highest BCUT2D eigenvalue weighted by Crippen LogP contribution is 2.43. The average molecular weight is 530 g/mol. The van der Waals surface area contributed by atoms with E-state index in [1.807, 2.05) is 66.7 Å². The molecule has 8 nitrogen and oxygen atoms in total. The molecule has 9 heteroatoms. The highest BCUT2D eigenvalue weighted by molar-refractivity contribution is 7.98. The second kappa shape index (κ2) is 10.9. The number of methoxy groups -OCH3 is 1. The van der Waals surface area contributed by atoms with Crippen molar-refractivity contribution >= 4 is 29.3 Å². The summed E-state index contributed by atoms with van der Waals surface area (Å²) in [5.41, 5.74) is 2.07. The van der Waals surface area contributed by atoms with Crippen LogP contribution in [0, 0.1) is 5.92 Å². The maximum Gasteiger partial charge on any atom is 0.234 e. The maximum atomic E-state index is 13.9. The maximum absolute atomic E-state index is 13.9. The summed E-state index contributed by atoms with van der Waals surface area (Å²) in [6, 6.07) is 24.8. The molecule has 0 fully saturated rings. The van der Waals surface area contributed by atoms with E-state index in [1.165, 1.54) is 22.0 Å². The van der Waals surface area contributed by atoms with Crippen LogP contribution in [0.3, 0.4) is 0 Å². The van der Waals surface area contributed by atoms with Gasteiger partial charge in [-0.2, -0.15) is 9.67 Å². The van der Waals surface area contributed by atoms with Gasteiger partial charge in [0.25, 0.3) is 0 Å². The van der Waals surface area contributed by atoms with E-state index >= 15 is 0 Å². The van der Waals surface area contributed by atoms with Crippen LogP contribution < -0.4 is 15.4 Å². The van der Waals surface area contributed by atoms with E-state index < -0.39 is 17.7 Å². The summed E-state index contributed by atoms with van der Waals surface area (Å²) < 4.78 is 6.84. The van der Waals surface area contributed by atoms with Gasteiger partial charge in [-0.15, -0.1) is 5.10 Å². The minimum atomic E-state index is -1.67. The summed E-state index contributed by atoms with van der Waals surface area (Å²) in [7, 11) is 1.55. The summed E-state index contributed by atoms with van der Waals surface area (Å²) in [4.78, 5) is 18.5. The SMILES string of the molecule is CCc1ccc(C2Nc3nc(SCc4ccccc4)nn3C(C)(O)C2C(=O)Nc2ccccc2OC)cc1. The van der Waals surface area contributed by atoms with Crippen molar-refractivity contribution in [3.05, 3.63) is 95.6 Å². The monoisotopic (exact) mass is 529 g/mol. The van der Waals surface area contributed by atoms with E-state index in [0.29, 0.717) is 28.3 Å². The molecule has 2 heterocycles. The van der Waals surface area contributed by atoms with Crippen LogP contribution >= 0.6 is 11.8 Å². The molecule has 0 radical (unpaired) electrons. The Morgan fingerprint density at radius 2 is 1.79 bits per heavy atom. The molecule has 3 aromatic carbocycles. The lowest BCUT2D eigenvalue weighted by Gasteiger charge is -2.42. The van der Waals surface area contributed by atoms with Gasteiger partial charge >= 0.3 is 0 Å². The van der Waals surface area contributed by atoms with E-state index in [9.17, 15) is 9.90 Å². The first-order valence-electron chi connectivity index (χ1n) is 12.6. The molecule has 0 aliphatic carbocycles. The number of amides is 1. The number of aliphatic hydroxyl groups is 1. The first-order chi connectivity index (χ1) is 18.4. The molecular formula is C29H31N5O3S. The summed E-state index contributed by atoms with van der Waals surface area (Å²) in [6.07, 6.45) is 0.907. The molecule has 4 aromatic rings. The highest BCUT2D eigenvalue weighted by Gasteiger charge is 2.51. The van der Waals surface area contributed by atoms with Crippen molar-refractivity contribution in [2.24, 2.45) is 5.92 Å². The Balaban J connectivity index is 1.50. The molecule has 0 saturated heterocycles. The second-order valence-electron chi connectivity index (χ2n) is 9.38. The fraction of sp³-hybridized carbons (Fsp3) is 0.276. The molecule has 1 aliphatic rings. The lowest BCUT2D eigenvalue weighted by atomic mass is 9.82.